The molecule has 162 valence electrons. The quantitative estimate of drug-likeness (QED) is 0.372. The van der Waals surface area contributed by atoms with Gasteiger partial charge in [-0.2, -0.15) is 23.7 Å². The number of halogens is 5. The van der Waals surface area contributed by atoms with Crippen LogP contribution in [0.4, 0.5) is 33.8 Å². The van der Waals surface area contributed by atoms with Crippen LogP contribution in [0, 0.1) is 29.1 Å². The monoisotopic (exact) mass is 437 g/mol. The fourth-order valence-electron chi connectivity index (χ4n) is 3.28. The number of ether oxygens (including phenoxy) is 1. The first-order valence-electron chi connectivity index (χ1n) is 9.34. The Labute approximate surface area is 173 Å². The van der Waals surface area contributed by atoms with Gasteiger partial charge in [-0.15, -0.1) is 0 Å². The molecule has 0 unspecified atom stereocenters. The third-order valence-corrected chi connectivity index (χ3v) is 4.83. The summed E-state index contributed by atoms with van der Waals surface area (Å²) in [4.78, 5) is 13.9. The lowest BCUT2D eigenvalue weighted by atomic mass is 10.0. The van der Waals surface area contributed by atoms with E-state index in [9.17, 15) is 22.0 Å². The van der Waals surface area contributed by atoms with Crippen molar-refractivity contribution in [2.24, 2.45) is 0 Å². The van der Waals surface area contributed by atoms with Crippen molar-refractivity contribution >= 4 is 11.9 Å². The Morgan fingerprint density at radius 3 is 2.19 bits per heavy atom. The highest BCUT2D eigenvalue weighted by molar-refractivity contribution is 5.42. The van der Waals surface area contributed by atoms with Gasteiger partial charge < -0.3 is 15.0 Å². The lowest BCUT2D eigenvalue weighted by molar-refractivity contribution is 0.322. The first-order valence-corrected chi connectivity index (χ1v) is 9.34. The first-order chi connectivity index (χ1) is 14.9. The van der Waals surface area contributed by atoms with Gasteiger partial charge in [0.2, 0.25) is 46.7 Å². The zero-order valence-electron chi connectivity index (χ0n) is 16.2. The smallest absolute Gasteiger partial charge is 0.328 e. The topological polar surface area (TPSA) is 63.2 Å². The molecule has 3 aromatic rings. The Morgan fingerprint density at radius 2 is 1.52 bits per heavy atom. The summed E-state index contributed by atoms with van der Waals surface area (Å²) in [5, 5.41) is 2.66. The molecule has 0 atom stereocenters. The first kappa shape index (κ1) is 20.8. The summed E-state index contributed by atoms with van der Waals surface area (Å²) < 4.78 is 73.2. The zero-order valence-corrected chi connectivity index (χ0v) is 16.2. The van der Waals surface area contributed by atoms with Gasteiger partial charge in [-0.05, 0) is 24.0 Å². The van der Waals surface area contributed by atoms with Gasteiger partial charge in [0.05, 0.1) is 0 Å². The molecule has 0 spiro atoms. The Balaban J connectivity index is 1.71. The Kier molecular flexibility index (Phi) is 5.57. The molecular weight excluding hydrogens is 421 g/mol. The second kappa shape index (κ2) is 8.32. The Bertz CT molecular complexity index is 1110. The van der Waals surface area contributed by atoms with Crippen molar-refractivity contribution in [3.63, 3.8) is 0 Å². The molecule has 11 heteroatoms. The summed E-state index contributed by atoms with van der Waals surface area (Å²) >= 11 is 0. The fourth-order valence-corrected chi connectivity index (χ4v) is 3.28. The molecule has 0 saturated carbocycles. The van der Waals surface area contributed by atoms with Gasteiger partial charge in [-0.25, -0.2) is 13.2 Å². The number of nitrogens with one attached hydrogen (secondary N) is 1. The lowest BCUT2D eigenvalue weighted by Gasteiger charge is -2.21. The minimum atomic E-state index is -2.28. The van der Waals surface area contributed by atoms with Crippen LogP contribution in [0.5, 0.6) is 11.8 Å². The summed E-state index contributed by atoms with van der Waals surface area (Å²) in [5.41, 5.74) is 2.25. The number of fused-ring (bicyclic) bond motifs is 1. The number of hydrogen-bond donors (Lipinski definition) is 1. The molecule has 2 aromatic carbocycles. The van der Waals surface area contributed by atoms with Crippen molar-refractivity contribution in [3.05, 3.63) is 64.5 Å². The lowest BCUT2D eigenvalue weighted by Crippen LogP contribution is -2.25. The van der Waals surface area contributed by atoms with E-state index in [1.165, 1.54) is 12.6 Å². The summed E-state index contributed by atoms with van der Waals surface area (Å²) in [6, 6.07) is 7.25. The summed E-state index contributed by atoms with van der Waals surface area (Å²) in [6.45, 7) is 1.04. The summed E-state index contributed by atoms with van der Waals surface area (Å²) in [5.74, 6) is -12.1. The van der Waals surface area contributed by atoms with Crippen LogP contribution in [0.15, 0.2) is 24.3 Å². The minimum absolute atomic E-state index is 0.00130. The molecule has 1 aliphatic rings. The van der Waals surface area contributed by atoms with Gasteiger partial charge in [-0.1, -0.05) is 24.3 Å². The molecular formula is C20H16F5N5O. The van der Waals surface area contributed by atoms with E-state index in [0.717, 1.165) is 18.4 Å². The third-order valence-electron chi connectivity index (χ3n) is 4.83. The molecule has 1 aliphatic heterocycles. The summed E-state index contributed by atoms with van der Waals surface area (Å²) in [6.07, 6.45) is 1.65. The van der Waals surface area contributed by atoms with Crippen LogP contribution >= 0.6 is 0 Å². The van der Waals surface area contributed by atoms with Crippen LogP contribution in [0.1, 0.15) is 17.5 Å². The number of nitrogens with zero attached hydrogens (tertiary/aromatic N) is 4. The fraction of sp³-hybridized carbons (Fsp3) is 0.250. The zero-order chi connectivity index (χ0) is 22.1. The average Bonchev–Trinajstić information content (AvgIpc) is 3.01. The molecule has 0 aliphatic carbocycles. The van der Waals surface area contributed by atoms with Gasteiger partial charge in [0.15, 0.2) is 0 Å². The molecule has 4 rings (SSSR count). The molecule has 0 fully saturated rings. The summed E-state index contributed by atoms with van der Waals surface area (Å²) in [7, 11) is 1.50. The molecule has 1 N–H and O–H groups in total. The second-order valence-electron chi connectivity index (χ2n) is 6.79. The highest BCUT2D eigenvalue weighted by Gasteiger charge is 2.28. The Hall–Kier alpha value is -3.50. The Morgan fingerprint density at radius 1 is 0.871 bits per heavy atom. The molecule has 0 bridgehead atoms. The molecule has 0 saturated heterocycles. The van der Waals surface area contributed by atoms with E-state index in [0.29, 0.717) is 13.1 Å². The molecule has 1 aromatic heterocycles. The van der Waals surface area contributed by atoms with Crippen molar-refractivity contribution in [1.29, 1.82) is 0 Å². The van der Waals surface area contributed by atoms with Crippen LogP contribution < -0.4 is 15.0 Å². The number of anilines is 2. The predicted octanol–water partition coefficient (Wildman–Crippen LogP) is 4.35. The van der Waals surface area contributed by atoms with Crippen molar-refractivity contribution in [2.75, 3.05) is 23.8 Å². The molecule has 0 radical (unpaired) electrons. The molecule has 0 amide bonds. The van der Waals surface area contributed by atoms with Crippen molar-refractivity contribution in [3.8, 4) is 11.8 Å². The van der Waals surface area contributed by atoms with Crippen molar-refractivity contribution < 1.29 is 26.7 Å². The van der Waals surface area contributed by atoms with Crippen molar-refractivity contribution in [2.45, 2.75) is 19.4 Å². The standard InChI is InChI=1S/C20H16F5N5O/c1-26-18-27-19(30-8-4-7-10-5-2-3-6-11(10)9-30)29-20(28-18)31-17-15(24)13(22)12(21)14(23)16(17)25/h2-3,5-6H,4,7-9H2,1H3,(H,26,27,28,29). The van der Waals surface area contributed by atoms with Gasteiger partial charge >= 0.3 is 6.01 Å². The average molecular weight is 437 g/mol. The van der Waals surface area contributed by atoms with E-state index in [4.69, 9.17) is 4.74 Å². The van der Waals surface area contributed by atoms with Crippen LogP contribution in [-0.4, -0.2) is 28.5 Å². The highest BCUT2D eigenvalue weighted by Crippen LogP contribution is 2.32. The molecule has 6 nitrogen and oxygen atoms in total. The van der Waals surface area contributed by atoms with E-state index in [1.54, 1.807) is 0 Å². The number of benzene rings is 2. The van der Waals surface area contributed by atoms with E-state index < -0.39 is 40.8 Å². The number of aryl methyl sites for hydroxylation is 1. The van der Waals surface area contributed by atoms with E-state index >= 15 is 0 Å². The van der Waals surface area contributed by atoms with Crippen LogP contribution in [0.3, 0.4) is 0 Å². The van der Waals surface area contributed by atoms with Gasteiger partial charge in [0, 0.05) is 20.1 Å². The maximum Gasteiger partial charge on any atom is 0.328 e. The van der Waals surface area contributed by atoms with Crippen LogP contribution in [0.2, 0.25) is 0 Å². The van der Waals surface area contributed by atoms with Crippen LogP contribution in [0.25, 0.3) is 0 Å². The largest absolute Gasteiger partial charge is 0.418 e. The normalized spacial score (nSPS) is 13.5. The number of rotatable bonds is 4. The molecule has 2 heterocycles. The maximum absolute atomic E-state index is 14.0. The highest BCUT2D eigenvalue weighted by atomic mass is 19.2. The van der Waals surface area contributed by atoms with E-state index in [-0.39, 0.29) is 11.9 Å². The minimum Gasteiger partial charge on any atom is -0.418 e. The van der Waals surface area contributed by atoms with Crippen LogP contribution in [-0.2, 0) is 13.0 Å². The number of hydrogen-bond acceptors (Lipinski definition) is 6. The van der Waals surface area contributed by atoms with E-state index in [2.05, 4.69) is 20.3 Å². The van der Waals surface area contributed by atoms with Gasteiger partial charge in [0.1, 0.15) is 0 Å². The second-order valence-corrected chi connectivity index (χ2v) is 6.79. The van der Waals surface area contributed by atoms with E-state index in [1.807, 2.05) is 29.2 Å². The van der Waals surface area contributed by atoms with Crippen molar-refractivity contribution in [1.82, 2.24) is 15.0 Å². The third kappa shape index (κ3) is 3.94. The van der Waals surface area contributed by atoms with Gasteiger partial charge in [0.25, 0.3) is 0 Å². The van der Waals surface area contributed by atoms with Gasteiger partial charge in [-0.3, -0.25) is 0 Å². The predicted molar refractivity (Wildman–Crippen MR) is 101 cm³/mol. The SMILES string of the molecule is CNc1nc(Oc2c(F)c(F)c(F)c(F)c2F)nc(N2CCCc3ccccc3C2)n1. The molecule has 31 heavy (non-hydrogen) atoms. The maximum atomic E-state index is 14.0. The number of aromatic nitrogens is 3.